The van der Waals surface area contributed by atoms with Crippen molar-refractivity contribution in [2.24, 2.45) is 0 Å². The van der Waals surface area contributed by atoms with Crippen LogP contribution < -0.4 is 0 Å². The van der Waals surface area contributed by atoms with Crippen LogP contribution >= 0.6 is 0 Å². The standard InChI is InChI=1S/C15H21FN2O4S/c1-10-4-5-12(9-13(10)16)23(21,22)18-7-6-11(17(2)3)8-14(18)15(19)20/h4-5,9,11,14H,6-8H2,1-3H3,(H,19,20)/t11-,14-/m1/s1. The Hall–Kier alpha value is -1.51. The Morgan fingerprint density at radius 1 is 1.39 bits per heavy atom. The van der Waals surface area contributed by atoms with E-state index >= 15 is 0 Å². The highest BCUT2D eigenvalue weighted by Gasteiger charge is 2.41. The number of carboxylic acid groups (broad SMARTS) is 1. The van der Waals surface area contributed by atoms with E-state index in [2.05, 4.69) is 0 Å². The number of aryl methyl sites for hydroxylation is 1. The Morgan fingerprint density at radius 3 is 2.57 bits per heavy atom. The number of halogens is 1. The number of carboxylic acids is 1. The Balaban J connectivity index is 2.37. The van der Waals surface area contributed by atoms with Crippen LogP contribution in [0.5, 0.6) is 0 Å². The van der Waals surface area contributed by atoms with Crippen molar-refractivity contribution in [1.82, 2.24) is 9.21 Å². The number of carbonyl (C=O) groups is 1. The third-order valence-corrected chi connectivity index (χ3v) is 6.20. The fourth-order valence-corrected chi connectivity index (χ4v) is 4.40. The molecule has 8 heteroatoms. The number of hydrogen-bond acceptors (Lipinski definition) is 4. The quantitative estimate of drug-likeness (QED) is 0.891. The number of piperidine rings is 1. The number of benzene rings is 1. The third kappa shape index (κ3) is 3.54. The molecule has 1 N–H and O–H groups in total. The summed E-state index contributed by atoms with van der Waals surface area (Å²) in [7, 11) is -0.378. The van der Waals surface area contributed by atoms with Gasteiger partial charge in [0.25, 0.3) is 0 Å². The number of hydrogen-bond donors (Lipinski definition) is 1. The molecule has 0 spiro atoms. The molecule has 128 valence electrons. The van der Waals surface area contributed by atoms with Gasteiger partial charge in [0.05, 0.1) is 4.90 Å². The lowest BCUT2D eigenvalue weighted by atomic mass is 9.99. The topological polar surface area (TPSA) is 77.9 Å². The van der Waals surface area contributed by atoms with Crippen LogP contribution in [0.15, 0.2) is 23.1 Å². The van der Waals surface area contributed by atoms with Gasteiger partial charge in [-0.25, -0.2) is 12.8 Å². The van der Waals surface area contributed by atoms with Crippen molar-refractivity contribution < 1.29 is 22.7 Å². The van der Waals surface area contributed by atoms with Crippen LogP contribution in [0.2, 0.25) is 0 Å². The molecule has 0 radical (unpaired) electrons. The lowest BCUT2D eigenvalue weighted by Gasteiger charge is -2.38. The van der Waals surface area contributed by atoms with Crippen LogP contribution in [0.4, 0.5) is 4.39 Å². The molecule has 6 nitrogen and oxygen atoms in total. The molecule has 2 atom stereocenters. The Labute approximate surface area is 135 Å². The minimum absolute atomic E-state index is 0.00250. The van der Waals surface area contributed by atoms with E-state index in [0.29, 0.717) is 12.0 Å². The predicted octanol–water partition coefficient (Wildman–Crippen LogP) is 1.30. The molecule has 1 saturated heterocycles. The molecular weight excluding hydrogens is 323 g/mol. The first-order valence-electron chi connectivity index (χ1n) is 7.32. The van der Waals surface area contributed by atoms with E-state index in [0.717, 1.165) is 10.4 Å². The molecule has 1 fully saturated rings. The highest BCUT2D eigenvalue weighted by atomic mass is 32.2. The van der Waals surface area contributed by atoms with E-state index in [1.54, 1.807) is 0 Å². The number of sulfonamides is 1. The molecule has 1 heterocycles. The van der Waals surface area contributed by atoms with Crippen LogP contribution in [0.25, 0.3) is 0 Å². The molecule has 1 aliphatic rings. The summed E-state index contributed by atoms with van der Waals surface area (Å²) in [4.78, 5) is 13.2. The first kappa shape index (κ1) is 17.8. The van der Waals surface area contributed by atoms with Gasteiger partial charge in [0.2, 0.25) is 10.0 Å². The number of aliphatic carboxylic acids is 1. The van der Waals surface area contributed by atoms with Gasteiger partial charge in [0.1, 0.15) is 11.9 Å². The molecule has 0 aromatic heterocycles. The van der Waals surface area contributed by atoms with Crippen LogP contribution in [0.1, 0.15) is 18.4 Å². The maximum Gasteiger partial charge on any atom is 0.322 e. The summed E-state index contributed by atoms with van der Waals surface area (Å²) in [6.07, 6.45) is 0.736. The summed E-state index contributed by atoms with van der Waals surface area (Å²) < 4.78 is 40.1. The van der Waals surface area contributed by atoms with Crippen LogP contribution in [-0.2, 0) is 14.8 Å². The average Bonchev–Trinajstić information content (AvgIpc) is 2.49. The molecule has 1 aromatic rings. The molecular formula is C15H21FN2O4S. The second-order valence-electron chi connectivity index (χ2n) is 6.02. The van der Waals surface area contributed by atoms with E-state index < -0.39 is 27.9 Å². The summed E-state index contributed by atoms with van der Waals surface area (Å²) in [5.41, 5.74) is 0.338. The van der Waals surface area contributed by atoms with E-state index in [4.69, 9.17) is 0 Å². The predicted molar refractivity (Wildman–Crippen MR) is 83.2 cm³/mol. The fraction of sp³-hybridized carbons (Fsp3) is 0.533. The van der Waals surface area contributed by atoms with E-state index in [9.17, 15) is 22.7 Å². The third-order valence-electron chi connectivity index (χ3n) is 4.29. The molecule has 1 aliphatic heterocycles. The van der Waals surface area contributed by atoms with Crippen molar-refractivity contribution in [2.45, 2.75) is 36.7 Å². The summed E-state index contributed by atoms with van der Waals surface area (Å²) in [6.45, 7) is 1.63. The molecule has 2 rings (SSSR count). The van der Waals surface area contributed by atoms with Crippen LogP contribution in [0, 0.1) is 12.7 Å². The second-order valence-corrected chi connectivity index (χ2v) is 7.91. The zero-order valence-electron chi connectivity index (χ0n) is 13.4. The minimum Gasteiger partial charge on any atom is -0.480 e. The smallest absolute Gasteiger partial charge is 0.322 e. The van der Waals surface area contributed by atoms with Gasteiger partial charge in [0, 0.05) is 12.6 Å². The van der Waals surface area contributed by atoms with Gasteiger partial charge in [-0.2, -0.15) is 4.31 Å². The highest BCUT2D eigenvalue weighted by Crippen LogP contribution is 2.28. The van der Waals surface area contributed by atoms with Crippen molar-refractivity contribution in [3.05, 3.63) is 29.6 Å². The summed E-state index contributed by atoms with van der Waals surface area (Å²) in [5.74, 6) is -1.81. The van der Waals surface area contributed by atoms with Gasteiger partial charge in [-0.05, 0) is 51.6 Å². The largest absolute Gasteiger partial charge is 0.480 e. The second kappa shape index (κ2) is 6.54. The molecule has 0 amide bonds. The molecule has 1 aromatic carbocycles. The Bertz CT molecular complexity index is 705. The van der Waals surface area contributed by atoms with Gasteiger partial charge in [-0.3, -0.25) is 4.79 Å². The van der Waals surface area contributed by atoms with Gasteiger partial charge in [-0.15, -0.1) is 0 Å². The number of rotatable bonds is 4. The molecule has 0 saturated carbocycles. The highest BCUT2D eigenvalue weighted by molar-refractivity contribution is 7.89. The van der Waals surface area contributed by atoms with Gasteiger partial charge >= 0.3 is 5.97 Å². The van der Waals surface area contributed by atoms with Crippen molar-refractivity contribution >= 4 is 16.0 Å². The monoisotopic (exact) mass is 344 g/mol. The number of nitrogens with zero attached hydrogens (tertiary/aromatic N) is 2. The van der Waals surface area contributed by atoms with E-state index in [1.807, 2.05) is 19.0 Å². The maximum atomic E-state index is 13.7. The van der Waals surface area contributed by atoms with Gasteiger partial charge in [0.15, 0.2) is 0 Å². The van der Waals surface area contributed by atoms with Gasteiger partial charge in [-0.1, -0.05) is 6.07 Å². The van der Waals surface area contributed by atoms with Crippen molar-refractivity contribution in [3.63, 3.8) is 0 Å². The van der Waals surface area contributed by atoms with Crippen LogP contribution in [-0.4, -0.2) is 61.4 Å². The van der Waals surface area contributed by atoms with Crippen molar-refractivity contribution in [3.8, 4) is 0 Å². The normalized spacial score (nSPS) is 23.2. The summed E-state index contributed by atoms with van der Waals surface area (Å²) in [6, 6.07) is 2.49. The van der Waals surface area contributed by atoms with Crippen molar-refractivity contribution in [2.75, 3.05) is 20.6 Å². The lowest BCUT2D eigenvalue weighted by molar-refractivity contribution is -0.143. The summed E-state index contributed by atoms with van der Waals surface area (Å²) in [5, 5.41) is 9.42. The SMILES string of the molecule is Cc1ccc(S(=O)(=O)N2CC[C@@H](N(C)C)C[C@@H]2C(=O)O)cc1F. The van der Waals surface area contributed by atoms with Gasteiger partial charge < -0.3 is 10.0 Å². The molecule has 23 heavy (non-hydrogen) atoms. The van der Waals surface area contributed by atoms with E-state index in [-0.39, 0.29) is 23.9 Å². The molecule has 0 aliphatic carbocycles. The first-order valence-corrected chi connectivity index (χ1v) is 8.76. The zero-order chi connectivity index (χ0) is 17.4. The zero-order valence-corrected chi connectivity index (χ0v) is 14.2. The van der Waals surface area contributed by atoms with E-state index in [1.165, 1.54) is 19.1 Å². The fourth-order valence-electron chi connectivity index (χ4n) is 2.78. The first-order chi connectivity index (χ1) is 10.6. The van der Waals surface area contributed by atoms with Crippen molar-refractivity contribution in [1.29, 1.82) is 0 Å². The Kier molecular flexibility index (Phi) is 5.07. The summed E-state index contributed by atoms with van der Waals surface area (Å²) >= 11 is 0. The molecule has 0 bridgehead atoms. The minimum atomic E-state index is -4.05. The average molecular weight is 344 g/mol. The maximum absolute atomic E-state index is 13.7. The van der Waals surface area contributed by atoms with Crippen LogP contribution in [0.3, 0.4) is 0 Å². The lowest BCUT2D eigenvalue weighted by Crippen LogP contribution is -2.53. The molecule has 0 unspecified atom stereocenters. The Morgan fingerprint density at radius 2 is 2.04 bits per heavy atom.